The Balaban J connectivity index is 2.00. The van der Waals surface area contributed by atoms with Gasteiger partial charge in [-0.05, 0) is 35.2 Å². The second-order valence-electron chi connectivity index (χ2n) is 5.18. The van der Waals surface area contributed by atoms with E-state index in [0.717, 1.165) is 24.8 Å². The zero-order valence-corrected chi connectivity index (χ0v) is 12.3. The lowest BCUT2D eigenvalue weighted by atomic mass is 10.0. The molecule has 20 heavy (non-hydrogen) atoms. The van der Waals surface area contributed by atoms with Crippen molar-refractivity contribution < 1.29 is 9.53 Å². The smallest absolute Gasteiger partial charge is 0.309 e. The molecular weight excluding hydrogens is 248 g/mol. The second kappa shape index (κ2) is 7.09. The predicted molar refractivity (Wildman–Crippen MR) is 82.4 cm³/mol. The van der Waals surface area contributed by atoms with E-state index < -0.39 is 0 Å². The van der Waals surface area contributed by atoms with Crippen LogP contribution in [0, 0.1) is 5.92 Å². The van der Waals surface area contributed by atoms with Gasteiger partial charge in [-0.25, -0.2) is 0 Å². The van der Waals surface area contributed by atoms with Crippen molar-refractivity contribution >= 4 is 16.7 Å². The van der Waals surface area contributed by atoms with Crippen molar-refractivity contribution in [1.82, 2.24) is 0 Å². The molecule has 0 radical (unpaired) electrons. The normalized spacial score (nSPS) is 12.3. The molecule has 1 unspecified atom stereocenters. The second-order valence-corrected chi connectivity index (χ2v) is 5.18. The summed E-state index contributed by atoms with van der Waals surface area (Å²) in [5.41, 5.74) is 1.04. The van der Waals surface area contributed by atoms with Gasteiger partial charge in [-0.15, -0.1) is 0 Å². The standard InChI is InChI=1S/C18H22O2/c1-3-7-15(4-2)18(19)20-13-14-10-11-16-8-5-6-9-17(16)12-14/h5-6,8-12,15H,3-4,7,13H2,1-2H3. The first-order valence-electron chi connectivity index (χ1n) is 7.39. The Kier molecular flexibility index (Phi) is 5.16. The molecule has 2 aromatic carbocycles. The first kappa shape index (κ1) is 14.6. The molecule has 0 saturated heterocycles. The molecule has 2 heteroatoms. The SMILES string of the molecule is CCCC(CC)C(=O)OCc1ccc2ccccc2c1. The summed E-state index contributed by atoms with van der Waals surface area (Å²) >= 11 is 0. The summed E-state index contributed by atoms with van der Waals surface area (Å²) in [6.45, 7) is 4.50. The zero-order chi connectivity index (χ0) is 14.4. The fourth-order valence-electron chi connectivity index (χ4n) is 2.44. The van der Waals surface area contributed by atoms with Crippen LogP contribution in [0.4, 0.5) is 0 Å². The van der Waals surface area contributed by atoms with Gasteiger partial charge in [0, 0.05) is 0 Å². The topological polar surface area (TPSA) is 26.3 Å². The van der Waals surface area contributed by atoms with Crippen LogP contribution in [0.2, 0.25) is 0 Å². The van der Waals surface area contributed by atoms with Crippen LogP contribution in [0.3, 0.4) is 0 Å². The van der Waals surface area contributed by atoms with E-state index in [1.165, 1.54) is 10.8 Å². The lowest BCUT2D eigenvalue weighted by Gasteiger charge is -2.13. The zero-order valence-electron chi connectivity index (χ0n) is 12.3. The predicted octanol–water partition coefficient (Wildman–Crippen LogP) is 4.71. The number of esters is 1. The van der Waals surface area contributed by atoms with Gasteiger partial charge >= 0.3 is 5.97 Å². The van der Waals surface area contributed by atoms with Gasteiger partial charge in [0.1, 0.15) is 6.61 Å². The molecule has 0 saturated carbocycles. The first-order chi connectivity index (χ1) is 9.74. The minimum Gasteiger partial charge on any atom is -0.461 e. The molecule has 1 atom stereocenters. The quantitative estimate of drug-likeness (QED) is 0.711. The van der Waals surface area contributed by atoms with Crippen molar-refractivity contribution in [2.45, 2.75) is 39.7 Å². The molecule has 0 spiro atoms. The van der Waals surface area contributed by atoms with Crippen molar-refractivity contribution in [2.24, 2.45) is 5.92 Å². The number of carbonyl (C=O) groups excluding carboxylic acids is 1. The number of fused-ring (bicyclic) bond motifs is 1. The summed E-state index contributed by atoms with van der Waals surface area (Å²) in [5, 5.41) is 2.39. The molecule has 0 amide bonds. The van der Waals surface area contributed by atoms with E-state index in [0.29, 0.717) is 6.61 Å². The lowest BCUT2D eigenvalue weighted by molar-refractivity contribution is -0.150. The van der Waals surface area contributed by atoms with Crippen molar-refractivity contribution in [3.63, 3.8) is 0 Å². The summed E-state index contributed by atoms with van der Waals surface area (Å²) in [6, 6.07) is 14.4. The Morgan fingerprint density at radius 3 is 2.55 bits per heavy atom. The number of rotatable bonds is 6. The lowest BCUT2D eigenvalue weighted by Crippen LogP contribution is -2.16. The third kappa shape index (κ3) is 3.60. The summed E-state index contributed by atoms with van der Waals surface area (Å²) < 4.78 is 5.44. The van der Waals surface area contributed by atoms with E-state index >= 15 is 0 Å². The van der Waals surface area contributed by atoms with Crippen LogP contribution in [-0.2, 0) is 16.1 Å². The highest BCUT2D eigenvalue weighted by atomic mass is 16.5. The fourth-order valence-corrected chi connectivity index (χ4v) is 2.44. The van der Waals surface area contributed by atoms with Crippen LogP contribution in [0.1, 0.15) is 38.7 Å². The molecule has 106 valence electrons. The molecule has 0 N–H and O–H groups in total. The van der Waals surface area contributed by atoms with Gasteiger partial charge in [0.2, 0.25) is 0 Å². The maximum Gasteiger partial charge on any atom is 0.309 e. The van der Waals surface area contributed by atoms with Gasteiger partial charge in [-0.1, -0.05) is 56.7 Å². The van der Waals surface area contributed by atoms with Gasteiger partial charge in [-0.2, -0.15) is 0 Å². The van der Waals surface area contributed by atoms with Crippen LogP contribution in [0.5, 0.6) is 0 Å². The van der Waals surface area contributed by atoms with Gasteiger partial charge in [0.15, 0.2) is 0 Å². The fraction of sp³-hybridized carbons (Fsp3) is 0.389. The van der Waals surface area contributed by atoms with Crippen LogP contribution in [0.15, 0.2) is 42.5 Å². The molecule has 2 rings (SSSR count). The van der Waals surface area contributed by atoms with E-state index in [9.17, 15) is 4.79 Å². The molecule has 0 bridgehead atoms. The van der Waals surface area contributed by atoms with Crippen molar-refractivity contribution in [3.05, 3.63) is 48.0 Å². The summed E-state index contributed by atoms with van der Waals surface area (Å²) in [5.74, 6) is -0.0250. The molecule has 0 aromatic heterocycles. The van der Waals surface area contributed by atoms with Crippen LogP contribution >= 0.6 is 0 Å². The molecule has 0 fully saturated rings. The molecule has 0 aliphatic carbocycles. The van der Waals surface area contributed by atoms with Crippen molar-refractivity contribution in [1.29, 1.82) is 0 Å². The van der Waals surface area contributed by atoms with E-state index in [1.54, 1.807) is 0 Å². The number of hydrogen-bond donors (Lipinski definition) is 0. The molecule has 0 aliphatic rings. The average Bonchev–Trinajstić information content (AvgIpc) is 2.50. The molecular formula is C18H22O2. The highest BCUT2D eigenvalue weighted by Crippen LogP contribution is 2.18. The molecule has 0 heterocycles. The van der Waals surface area contributed by atoms with E-state index in [1.807, 2.05) is 25.1 Å². The maximum absolute atomic E-state index is 12.0. The van der Waals surface area contributed by atoms with Crippen LogP contribution < -0.4 is 0 Å². The van der Waals surface area contributed by atoms with Crippen molar-refractivity contribution in [2.75, 3.05) is 0 Å². The van der Waals surface area contributed by atoms with Gasteiger partial charge in [-0.3, -0.25) is 4.79 Å². The van der Waals surface area contributed by atoms with Gasteiger partial charge < -0.3 is 4.74 Å². The maximum atomic E-state index is 12.0. The highest BCUT2D eigenvalue weighted by molar-refractivity contribution is 5.83. The Morgan fingerprint density at radius 1 is 1.10 bits per heavy atom. The number of carbonyl (C=O) groups is 1. The Hall–Kier alpha value is -1.83. The third-order valence-corrected chi connectivity index (χ3v) is 3.66. The average molecular weight is 270 g/mol. The minimum absolute atomic E-state index is 0.0421. The molecule has 2 nitrogen and oxygen atoms in total. The summed E-state index contributed by atoms with van der Waals surface area (Å²) in [4.78, 5) is 12.0. The Bertz CT molecular complexity index is 574. The number of benzene rings is 2. The number of hydrogen-bond acceptors (Lipinski definition) is 2. The van der Waals surface area contributed by atoms with Gasteiger partial charge in [0.05, 0.1) is 5.92 Å². The van der Waals surface area contributed by atoms with E-state index in [2.05, 4.69) is 31.2 Å². The third-order valence-electron chi connectivity index (χ3n) is 3.66. The minimum atomic E-state index is -0.0671. The largest absolute Gasteiger partial charge is 0.461 e. The Morgan fingerprint density at radius 2 is 1.85 bits per heavy atom. The van der Waals surface area contributed by atoms with E-state index in [-0.39, 0.29) is 11.9 Å². The van der Waals surface area contributed by atoms with Crippen molar-refractivity contribution in [3.8, 4) is 0 Å². The highest BCUT2D eigenvalue weighted by Gasteiger charge is 2.16. The van der Waals surface area contributed by atoms with Crippen LogP contribution in [0.25, 0.3) is 10.8 Å². The number of ether oxygens (including phenoxy) is 1. The summed E-state index contributed by atoms with van der Waals surface area (Å²) in [7, 11) is 0. The van der Waals surface area contributed by atoms with E-state index in [4.69, 9.17) is 4.74 Å². The molecule has 0 aliphatic heterocycles. The summed E-state index contributed by atoms with van der Waals surface area (Å²) in [6.07, 6.45) is 2.78. The van der Waals surface area contributed by atoms with Gasteiger partial charge in [0.25, 0.3) is 0 Å². The molecule has 2 aromatic rings. The monoisotopic (exact) mass is 270 g/mol. The first-order valence-corrected chi connectivity index (χ1v) is 7.39. The van der Waals surface area contributed by atoms with Crippen LogP contribution in [-0.4, -0.2) is 5.97 Å². The Labute approximate surface area is 120 Å².